The van der Waals surface area contributed by atoms with Crippen LogP contribution >= 0.6 is 11.6 Å². The van der Waals surface area contributed by atoms with E-state index in [0.29, 0.717) is 18.2 Å². The zero-order valence-electron chi connectivity index (χ0n) is 10.3. The third-order valence-electron chi connectivity index (χ3n) is 3.08. The molecule has 1 aliphatic carbocycles. The van der Waals surface area contributed by atoms with Gasteiger partial charge in [-0.2, -0.15) is 0 Å². The number of amides is 2. The van der Waals surface area contributed by atoms with Crippen LogP contribution in [-0.2, 0) is 10.3 Å². The second-order valence-electron chi connectivity index (χ2n) is 4.44. The molecule has 0 heterocycles. The van der Waals surface area contributed by atoms with Crippen LogP contribution in [-0.4, -0.2) is 26.3 Å². The van der Waals surface area contributed by atoms with Gasteiger partial charge in [0.1, 0.15) is 0 Å². The Morgan fingerprint density at radius 1 is 1.44 bits per heavy atom. The van der Waals surface area contributed by atoms with Crippen molar-refractivity contribution in [3.05, 3.63) is 34.9 Å². The quantitative estimate of drug-likeness (QED) is 0.805. The maximum atomic E-state index is 11.7. The first-order chi connectivity index (χ1) is 8.68. The van der Waals surface area contributed by atoms with E-state index in [1.165, 1.54) is 0 Å². The summed E-state index contributed by atoms with van der Waals surface area (Å²) in [4.78, 5) is 11.7. The summed E-state index contributed by atoms with van der Waals surface area (Å²) in [6.45, 7) is 1.01. The molecular weight excluding hydrogens is 252 g/mol. The summed E-state index contributed by atoms with van der Waals surface area (Å²) in [5.74, 6) is 0. The second kappa shape index (κ2) is 5.59. The van der Waals surface area contributed by atoms with E-state index >= 15 is 0 Å². The van der Waals surface area contributed by atoms with Crippen molar-refractivity contribution < 1.29 is 9.53 Å². The van der Waals surface area contributed by atoms with Crippen LogP contribution in [0.3, 0.4) is 0 Å². The van der Waals surface area contributed by atoms with Gasteiger partial charge in [-0.3, -0.25) is 0 Å². The minimum Gasteiger partial charge on any atom is -0.383 e. The molecule has 0 unspecified atom stereocenters. The number of halogens is 1. The van der Waals surface area contributed by atoms with Crippen molar-refractivity contribution in [3.8, 4) is 0 Å². The van der Waals surface area contributed by atoms with Crippen LogP contribution in [0.4, 0.5) is 4.79 Å². The molecule has 2 N–H and O–H groups in total. The number of hydrogen-bond donors (Lipinski definition) is 2. The summed E-state index contributed by atoms with van der Waals surface area (Å²) in [5, 5.41) is 6.45. The standard InChI is InChI=1S/C13H17ClN2O2/c1-18-9-8-15-12(17)16-13(6-7-13)10-4-2-3-5-11(10)14/h2-5H,6-9H2,1H3,(H2,15,16,17). The predicted octanol–water partition coefficient (Wildman–Crippen LogP) is 2.27. The summed E-state index contributed by atoms with van der Waals surface area (Å²) in [6, 6.07) is 7.46. The Bertz CT molecular complexity index is 433. The summed E-state index contributed by atoms with van der Waals surface area (Å²) in [6.07, 6.45) is 1.85. The summed E-state index contributed by atoms with van der Waals surface area (Å²) in [7, 11) is 1.60. The number of ether oxygens (including phenoxy) is 1. The van der Waals surface area contributed by atoms with Crippen LogP contribution in [0.5, 0.6) is 0 Å². The van der Waals surface area contributed by atoms with Crippen molar-refractivity contribution in [1.29, 1.82) is 0 Å². The lowest BCUT2D eigenvalue weighted by Crippen LogP contribution is -2.43. The number of rotatable bonds is 5. The Labute approximate surface area is 112 Å². The number of hydrogen-bond acceptors (Lipinski definition) is 2. The zero-order valence-corrected chi connectivity index (χ0v) is 11.1. The highest BCUT2D eigenvalue weighted by atomic mass is 35.5. The molecule has 98 valence electrons. The van der Waals surface area contributed by atoms with Gasteiger partial charge in [0.15, 0.2) is 0 Å². The van der Waals surface area contributed by atoms with E-state index in [0.717, 1.165) is 18.4 Å². The molecule has 0 saturated heterocycles. The van der Waals surface area contributed by atoms with E-state index in [1.54, 1.807) is 7.11 Å². The van der Waals surface area contributed by atoms with Crippen molar-refractivity contribution in [2.75, 3.05) is 20.3 Å². The minimum atomic E-state index is -0.282. The van der Waals surface area contributed by atoms with Gasteiger partial charge in [0.25, 0.3) is 0 Å². The van der Waals surface area contributed by atoms with Gasteiger partial charge in [0.2, 0.25) is 0 Å². The Balaban J connectivity index is 1.96. The molecule has 0 aliphatic heterocycles. The highest BCUT2D eigenvalue weighted by molar-refractivity contribution is 6.31. The van der Waals surface area contributed by atoms with E-state index in [-0.39, 0.29) is 11.6 Å². The van der Waals surface area contributed by atoms with Gasteiger partial charge in [-0.15, -0.1) is 0 Å². The fraction of sp³-hybridized carbons (Fsp3) is 0.462. The lowest BCUT2D eigenvalue weighted by atomic mass is 10.1. The third kappa shape index (κ3) is 2.94. The van der Waals surface area contributed by atoms with Crippen molar-refractivity contribution in [3.63, 3.8) is 0 Å². The molecule has 1 aromatic carbocycles. The maximum Gasteiger partial charge on any atom is 0.315 e. The van der Waals surface area contributed by atoms with Crippen LogP contribution in [0.25, 0.3) is 0 Å². The number of benzene rings is 1. The normalized spacial score (nSPS) is 16.1. The van der Waals surface area contributed by atoms with Gasteiger partial charge in [0, 0.05) is 18.7 Å². The Hall–Kier alpha value is -1.26. The number of urea groups is 1. The highest BCUT2D eigenvalue weighted by Gasteiger charge is 2.46. The molecule has 1 aromatic rings. The fourth-order valence-corrected chi connectivity index (χ4v) is 2.28. The number of nitrogens with one attached hydrogen (secondary N) is 2. The van der Waals surface area contributed by atoms with Crippen LogP contribution < -0.4 is 10.6 Å². The van der Waals surface area contributed by atoms with E-state index in [4.69, 9.17) is 16.3 Å². The monoisotopic (exact) mass is 268 g/mol. The van der Waals surface area contributed by atoms with E-state index in [2.05, 4.69) is 10.6 Å². The number of carbonyl (C=O) groups excluding carboxylic acids is 1. The maximum absolute atomic E-state index is 11.7. The predicted molar refractivity (Wildman–Crippen MR) is 70.8 cm³/mol. The molecule has 0 atom stereocenters. The molecule has 2 amide bonds. The van der Waals surface area contributed by atoms with Crippen LogP contribution in [0.1, 0.15) is 18.4 Å². The van der Waals surface area contributed by atoms with Gasteiger partial charge in [-0.25, -0.2) is 4.79 Å². The number of methoxy groups -OCH3 is 1. The third-order valence-corrected chi connectivity index (χ3v) is 3.41. The molecular formula is C13H17ClN2O2. The van der Waals surface area contributed by atoms with Crippen LogP contribution in [0.2, 0.25) is 5.02 Å². The van der Waals surface area contributed by atoms with Crippen LogP contribution in [0, 0.1) is 0 Å². The van der Waals surface area contributed by atoms with Crippen LogP contribution in [0.15, 0.2) is 24.3 Å². The Morgan fingerprint density at radius 2 is 2.17 bits per heavy atom. The SMILES string of the molecule is COCCNC(=O)NC1(c2ccccc2Cl)CC1. The summed E-state index contributed by atoms with van der Waals surface area (Å²) >= 11 is 6.17. The average Bonchev–Trinajstić information content (AvgIpc) is 3.10. The van der Waals surface area contributed by atoms with E-state index in [1.807, 2.05) is 24.3 Å². The molecule has 18 heavy (non-hydrogen) atoms. The molecule has 2 rings (SSSR count). The Morgan fingerprint density at radius 3 is 2.78 bits per heavy atom. The van der Waals surface area contributed by atoms with Gasteiger partial charge in [-0.1, -0.05) is 29.8 Å². The van der Waals surface area contributed by atoms with Gasteiger partial charge >= 0.3 is 6.03 Å². The lowest BCUT2D eigenvalue weighted by molar-refractivity contribution is 0.194. The first kappa shape index (κ1) is 13.2. The smallest absolute Gasteiger partial charge is 0.315 e. The zero-order chi connectivity index (χ0) is 13.0. The van der Waals surface area contributed by atoms with Gasteiger partial charge in [0.05, 0.1) is 12.1 Å². The highest BCUT2D eigenvalue weighted by Crippen LogP contribution is 2.47. The Kier molecular flexibility index (Phi) is 4.09. The summed E-state index contributed by atoms with van der Waals surface area (Å²) < 4.78 is 4.88. The van der Waals surface area contributed by atoms with Crippen molar-refractivity contribution >= 4 is 17.6 Å². The molecule has 0 spiro atoms. The summed E-state index contributed by atoms with van der Waals surface area (Å²) in [5.41, 5.74) is 0.712. The van der Waals surface area contributed by atoms with Crippen molar-refractivity contribution in [1.82, 2.24) is 10.6 Å². The van der Waals surface area contributed by atoms with Crippen molar-refractivity contribution in [2.24, 2.45) is 0 Å². The molecule has 1 fully saturated rings. The second-order valence-corrected chi connectivity index (χ2v) is 4.84. The largest absolute Gasteiger partial charge is 0.383 e. The molecule has 0 bridgehead atoms. The number of carbonyl (C=O) groups is 1. The molecule has 0 aromatic heterocycles. The lowest BCUT2D eigenvalue weighted by Gasteiger charge is -2.19. The minimum absolute atomic E-state index is 0.176. The molecule has 5 heteroatoms. The van der Waals surface area contributed by atoms with E-state index < -0.39 is 0 Å². The molecule has 1 saturated carbocycles. The van der Waals surface area contributed by atoms with Crippen molar-refractivity contribution in [2.45, 2.75) is 18.4 Å². The topological polar surface area (TPSA) is 50.4 Å². The first-order valence-corrected chi connectivity index (χ1v) is 6.36. The average molecular weight is 269 g/mol. The fourth-order valence-electron chi connectivity index (χ4n) is 1.96. The van der Waals surface area contributed by atoms with Gasteiger partial charge in [-0.05, 0) is 24.5 Å². The molecule has 0 radical (unpaired) electrons. The van der Waals surface area contributed by atoms with Gasteiger partial charge < -0.3 is 15.4 Å². The first-order valence-electron chi connectivity index (χ1n) is 5.98. The molecule has 4 nitrogen and oxygen atoms in total. The van der Waals surface area contributed by atoms with E-state index in [9.17, 15) is 4.79 Å². The molecule has 1 aliphatic rings.